The third kappa shape index (κ3) is 5.80. The molecule has 1 atom stereocenters. The van der Waals surface area contributed by atoms with Gasteiger partial charge in [0.15, 0.2) is 11.9 Å². The van der Waals surface area contributed by atoms with Crippen molar-refractivity contribution < 1.29 is 28.7 Å². The minimum Gasteiger partial charge on any atom is -0.472 e. The van der Waals surface area contributed by atoms with Crippen LogP contribution >= 0.6 is 0 Å². The Bertz CT molecular complexity index is 863. The summed E-state index contributed by atoms with van der Waals surface area (Å²) in [7, 11) is 0. The molecule has 0 N–H and O–H groups in total. The molecule has 0 fully saturated rings. The number of ether oxygens (including phenoxy) is 3. The van der Waals surface area contributed by atoms with Gasteiger partial charge >= 0.3 is 17.6 Å². The first-order valence-electron chi connectivity index (χ1n) is 8.67. The van der Waals surface area contributed by atoms with Crippen molar-refractivity contribution in [2.45, 2.75) is 26.9 Å². The van der Waals surface area contributed by atoms with Crippen molar-refractivity contribution in [3.63, 3.8) is 0 Å². The van der Waals surface area contributed by atoms with Crippen LogP contribution in [0.1, 0.15) is 31.1 Å². The standard InChI is InChI=1S/C20H21NO7/c1-13(2)12-26-20(23)15-7-6-8-16(11-15)28-19(22)14(3)27-18-10-5-4-9-17(18)21(24)25/h4-11,13-14H,12H2,1-3H3. The van der Waals surface area contributed by atoms with E-state index in [4.69, 9.17) is 14.2 Å². The number of carbonyl (C=O) groups is 2. The molecule has 0 aromatic heterocycles. The molecule has 148 valence electrons. The highest BCUT2D eigenvalue weighted by atomic mass is 16.6. The first-order chi connectivity index (χ1) is 13.3. The zero-order valence-corrected chi connectivity index (χ0v) is 15.8. The second-order valence-corrected chi connectivity index (χ2v) is 6.43. The van der Waals surface area contributed by atoms with Crippen LogP contribution < -0.4 is 9.47 Å². The van der Waals surface area contributed by atoms with Crippen LogP contribution in [0.15, 0.2) is 48.5 Å². The predicted molar refractivity (Wildman–Crippen MR) is 100 cm³/mol. The number of hydrogen-bond acceptors (Lipinski definition) is 7. The minimum atomic E-state index is -1.10. The van der Waals surface area contributed by atoms with Crippen molar-refractivity contribution in [2.75, 3.05) is 6.61 Å². The predicted octanol–water partition coefficient (Wildman–Crippen LogP) is 3.78. The Morgan fingerprint density at radius 2 is 1.79 bits per heavy atom. The second kappa shape index (κ2) is 9.50. The highest BCUT2D eigenvalue weighted by Crippen LogP contribution is 2.27. The van der Waals surface area contributed by atoms with E-state index in [9.17, 15) is 19.7 Å². The van der Waals surface area contributed by atoms with Gasteiger partial charge in [-0.25, -0.2) is 9.59 Å². The first kappa shape index (κ1) is 20.9. The molecule has 0 aliphatic heterocycles. The maximum absolute atomic E-state index is 12.3. The van der Waals surface area contributed by atoms with E-state index in [2.05, 4.69) is 0 Å². The molecule has 0 bridgehead atoms. The van der Waals surface area contributed by atoms with Gasteiger partial charge in [0, 0.05) is 6.07 Å². The number of rotatable bonds is 8. The molecule has 0 spiro atoms. The van der Waals surface area contributed by atoms with Crippen molar-refractivity contribution in [2.24, 2.45) is 5.92 Å². The van der Waals surface area contributed by atoms with Crippen LogP contribution in [0.3, 0.4) is 0 Å². The summed E-state index contributed by atoms with van der Waals surface area (Å²) >= 11 is 0. The molecule has 1 unspecified atom stereocenters. The summed E-state index contributed by atoms with van der Waals surface area (Å²) in [6.07, 6.45) is -1.10. The van der Waals surface area contributed by atoms with E-state index in [0.29, 0.717) is 0 Å². The maximum Gasteiger partial charge on any atom is 0.352 e. The van der Waals surface area contributed by atoms with Crippen LogP contribution in [-0.4, -0.2) is 29.6 Å². The molecule has 28 heavy (non-hydrogen) atoms. The van der Waals surface area contributed by atoms with Crippen molar-refractivity contribution in [3.8, 4) is 11.5 Å². The lowest BCUT2D eigenvalue weighted by Gasteiger charge is -2.14. The summed E-state index contributed by atoms with van der Waals surface area (Å²) < 4.78 is 15.7. The fraction of sp³-hybridized carbons (Fsp3) is 0.300. The average molecular weight is 387 g/mol. The molecule has 0 saturated heterocycles. The van der Waals surface area contributed by atoms with Gasteiger partial charge in [0.2, 0.25) is 0 Å². The second-order valence-electron chi connectivity index (χ2n) is 6.43. The monoisotopic (exact) mass is 387 g/mol. The molecule has 8 heteroatoms. The summed E-state index contributed by atoms with van der Waals surface area (Å²) in [5.41, 5.74) is -0.00439. The fourth-order valence-electron chi connectivity index (χ4n) is 2.16. The van der Waals surface area contributed by atoms with Gasteiger partial charge in [0.05, 0.1) is 17.1 Å². The third-order valence-corrected chi connectivity index (χ3v) is 3.53. The number of nitrogens with zero attached hydrogens (tertiary/aromatic N) is 1. The summed E-state index contributed by atoms with van der Waals surface area (Å²) in [6, 6.07) is 11.7. The summed E-state index contributed by atoms with van der Waals surface area (Å²) in [4.78, 5) is 34.7. The van der Waals surface area contributed by atoms with Gasteiger partial charge in [-0.2, -0.15) is 0 Å². The number of nitro groups is 1. The lowest BCUT2D eigenvalue weighted by molar-refractivity contribution is -0.386. The smallest absolute Gasteiger partial charge is 0.352 e. The molecule has 0 aliphatic carbocycles. The van der Waals surface area contributed by atoms with E-state index < -0.39 is 23.0 Å². The normalized spacial score (nSPS) is 11.6. The van der Waals surface area contributed by atoms with Crippen LogP contribution in [0.5, 0.6) is 11.5 Å². The average Bonchev–Trinajstić information content (AvgIpc) is 2.66. The molecule has 0 radical (unpaired) electrons. The molecule has 0 heterocycles. The molecule has 0 saturated carbocycles. The van der Waals surface area contributed by atoms with Gasteiger partial charge in [-0.15, -0.1) is 0 Å². The van der Waals surface area contributed by atoms with Gasteiger partial charge in [-0.05, 0) is 37.1 Å². The highest BCUT2D eigenvalue weighted by Gasteiger charge is 2.22. The van der Waals surface area contributed by atoms with Crippen molar-refractivity contribution in [3.05, 3.63) is 64.2 Å². The Kier molecular flexibility index (Phi) is 7.08. The zero-order chi connectivity index (χ0) is 20.7. The number of nitro benzene ring substituents is 1. The van der Waals surface area contributed by atoms with Crippen LogP contribution in [-0.2, 0) is 9.53 Å². The lowest BCUT2D eigenvalue weighted by atomic mass is 10.2. The number of hydrogen-bond donors (Lipinski definition) is 0. The summed E-state index contributed by atoms with van der Waals surface area (Å²) in [5.74, 6) is -0.975. The van der Waals surface area contributed by atoms with Crippen LogP contribution in [0.2, 0.25) is 0 Å². The highest BCUT2D eigenvalue weighted by molar-refractivity contribution is 5.90. The summed E-state index contributed by atoms with van der Waals surface area (Å²) in [6.45, 7) is 5.54. The fourth-order valence-corrected chi connectivity index (χ4v) is 2.16. The van der Waals surface area contributed by atoms with Crippen LogP contribution in [0.4, 0.5) is 5.69 Å². The third-order valence-electron chi connectivity index (χ3n) is 3.53. The largest absolute Gasteiger partial charge is 0.472 e. The summed E-state index contributed by atoms with van der Waals surface area (Å²) in [5, 5.41) is 11.0. The zero-order valence-electron chi connectivity index (χ0n) is 15.8. The molecular weight excluding hydrogens is 366 g/mol. The van der Waals surface area contributed by atoms with E-state index in [0.717, 1.165) is 0 Å². The quantitative estimate of drug-likeness (QED) is 0.294. The van der Waals surface area contributed by atoms with E-state index >= 15 is 0 Å². The number of esters is 2. The van der Waals surface area contributed by atoms with E-state index in [1.165, 1.54) is 37.3 Å². The van der Waals surface area contributed by atoms with Crippen molar-refractivity contribution >= 4 is 17.6 Å². The van der Waals surface area contributed by atoms with Crippen LogP contribution in [0.25, 0.3) is 0 Å². The molecule has 2 aromatic carbocycles. The lowest BCUT2D eigenvalue weighted by Crippen LogP contribution is -2.28. The van der Waals surface area contributed by atoms with Gasteiger partial charge in [0.1, 0.15) is 5.75 Å². The Hall–Kier alpha value is -3.42. The van der Waals surface area contributed by atoms with Crippen molar-refractivity contribution in [1.82, 2.24) is 0 Å². The topological polar surface area (TPSA) is 105 Å². The van der Waals surface area contributed by atoms with Crippen molar-refractivity contribution in [1.29, 1.82) is 0 Å². The molecule has 2 aromatic rings. The Morgan fingerprint density at radius 1 is 1.07 bits per heavy atom. The Labute approximate surface area is 162 Å². The SMILES string of the molecule is CC(C)COC(=O)c1cccc(OC(=O)C(C)Oc2ccccc2[N+](=O)[O-])c1. The van der Waals surface area contributed by atoms with Gasteiger partial charge in [-0.3, -0.25) is 10.1 Å². The maximum atomic E-state index is 12.3. The van der Waals surface area contributed by atoms with E-state index in [-0.39, 0.29) is 35.3 Å². The Balaban J connectivity index is 2.03. The minimum absolute atomic E-state index is 0.0389. The molecular formula is C20H21NO7. The Morgan fingerprint density at radius 3 is 2.46 bits per heavy atom. The number of carbonyl (C=O) groups excluding carboxylic acids is 2. The van der Waals surface area contributed by atoms with E-state index in [1.54, 1.807) is 18.2 Å². The molecule has 8 nitrogen and oxygen atoms in total. The van der Waals surface area contributed by atoms with Gasteiger partial charge in [0.25, 0.3) is 0 Å². The van der Waals surface area contributed by atoms with Gasteiger partial charge < -0.3 is 14.2 Å². The number of benzene rings is 2. The molecule has 2 rings (SSSR count). The number of para-hydroxylation sites is 2. The molecule has 0 amide bonds. The molecule has 0 aliphatic rings. The van der Waals surface area contributed by atoms with Crippen LogP contribution in [0, 0.1) is 16.0 Å². The van der Waals surface area contributed by atoms with E-state index in [1.807, 2.05) is 13.8 Å². The first-order valence-corrected chi connectivity index (χ1v) is 8.67. The van der Waals surface area contributed by atoms with Gasteiger partial charge in [-0.1, -0.05) is 32.0 Å².